The van der Waals surface area contributed by atoms with Crippen LogP contribution < -0.4 is 10.6 Å². The average Bonchev–Trinajstić information content (AvgIpc) is 3.10. The van der Waals surface area contributed by atoms with Gasteiger partial charge in [0.1, 0.15) is 5.75 Å². The van der Waals surface area contributed by atoms with Gasteiger partial charge in [0.25, 0.3) is 11.1 Å². The summed E-state index contributed by atoms with van der Waals surface area (Å²) in [7, 11) is 0. The summed E-state index contributed by atoms with van der Waals surface area (Å²) in [5.74, 6) is -0.425. The molecule has 0 radical (unpaired) electrons. The van der Waals surface area contributed by atoms with Crippen LogP contribution in [0.25, 0.3) is 11.5 Å². The number of rotatable bonds is 5. The van der Waals surface area contributed by atoms with Crippen LogP contribution in [0.4, 0.5) is 10.5 Å². The zero-order valence-electron chi connectivity index (χ0n) is 13.4. The van der Waals surface area contributed by atoms with E-state index in [-0.39, 0.29) is 22.6 Å². The van der Waals surface area contributed by atoms with E-state index in [0.29, 0.717) is 11.3 Å². The Labute approximate surface area is 152 Å². The Hall–Kier alpha value is -3.33. The van der Waals surface area contributed by atoms with Crippen molar-refractivity contribution >= 4 is 29.4 Å². The number of nitrogens with zero attached hydrogens (tertiary/aromatic N) is 2. The number of thioether (sulfide) groups is 1. The SMILES string of the molecule is O=C(CSc1nnc(-c2ccccc2O)o1)NC(=O)Nc1ccccc1. The van der Waals surface area contributed by atoms with Gasteiger partial charge in [0.15, 0.2) is 0 Å². The molecule has 1 aromatic heterocycles. The second-order valence-corrected chi connectivity index (χ2v) is 5.97. The Morgan fingerprint density at radius 3 is 2.54 bits per heavy atom. The Morgan fingerprint density at radius 1 is 1.04 bits per heavy atom. The van der Waals surface area contributed by atoms with Gasteiger partial charge < -0.3 is 14.8 Å². The lowest BCUT2D eigenvalue weighted by Gasteiger charge is -2.05. The Kier molecular flexibility index (Phi) is 5.49. The van der Waals surface area contributed by atoms with Crippen molar-refractivity contribution in [2.75, 3.05) is 11.1 Å². The second kappa shape index (κ2) is 8.17. The molecule has 0 unspecified atom stereocenters. The summed E-state index contributed by atoms with van der Waals surface area (Å²) in [4.78, 5) is 23.6. The van der Waals surface area contributed by atoms with Gasteiger partial charge in [-0.15, -0.1) is 10.2 Å². The molecule has 0 saturated heterocycles. The highest BCUT2D eigenvalue weighted by atomic mass is 32.2. The molecule has 0 saturated carbocycles. The van der Waals surface area contributed by atoms with Crippen LogP contribution in [-0.4, -0.2) is 33.0 Å². The van der Waals surface area contributed by atoms with Crippen molar-refractivity contribution in [3.8, 4) is 17.2 Å². The van der Waals surface area contributed by atoms with Crippen molar-refractivity contribution in [2.45, 2.75) is 5.22 Å². The average molecular weight is 370 g/mol. The minimum Gasteiger partial charge on any atom is -0.507 e. The maximum atomic E-state index is 11.8. The van der Waals surface area contributed by atoms with E-state index < -0.39 is 11.9 Å². The number of benzene rings is 2. The Bertz CT molecular complexity index is 914. The number of para-hydroxylation sites is 2. The first kappa shape index (κ1) is 17.5. The first-order chi connectivity index (χ1) is 12.6. The standard InChI is InChI=1S/C17H14N4O4S/c22-13-9-5-4-8-12(13)15-20-21-17(25-15)26-10-14(23)19-16(24)18-11-6-2-1-3-7-11/h1-9,22H,10H2,(H2,18,19,23,24). The topological polar surface area (TPSA) is 117 Å². The molecule has 2 aromatic carbocycles. The molecule has 0 aliphatic rings. The molecule has 0 fully saturated rings. The lowest BCUT2D eigenvalue weighted by Crippen LogP contribution is -2.35. The third-order valence-electron chi connectivity index (χ3n) is 3.15. The maximum absolute atomic E-state index is 11.8. The quantitative estimate of drug-likeness (QED) is 0.591. The minimum atomic E-state index is -0.623. The summed E-state index contributed by atoms with van der Waals surface area (Å²) in [5, 5.41) is 22.3. The number of hydrogen-bond donors (Lipinski definition) is 3. The fourth-order valence-electron chi connectivity index (χ4n) is 2.01. The number of phenolic OH excluding ortho intramolecular Hbond substituents is 1. The normalized spacial score (nSPS) is 10.3. The van der Waals surface area contributed by atoms with E-state index in [2.05, 4.69) is 20.8 Å². The molecule has 0 aliphatic heterocycles. The van der Waals surface area contributed by atoms with E-state index in [1.54, 1.807) is 42.5 Å². The zero-order valence-corrected chi connectivity index (χ0v) is 14.2. The molecule has 0 atom stereocenters. The first-order valence-electron chi connectivity index (χ1n) is 7.52. The molecule has 3 N–H and O–H groups in total. The van der Waals surface area contributed by atoms with Gasteiger partial charge >= 0.3 is 6.03 Å². The highest BCUT2D eigenvalue weighted by Gasteiger charge is 2.14. The number of hydrogen-bond acceptors (Lipinski definition) is 7. The highest BCUT2D eigenvalue weighted by Crippen LogP contribution is 2.29. The van der Waals surface area contributed by atoms with Gasteiger partial charge in [0.2, 0.25) is 5.91 Å². The van der Waals surface area contributed by atoms with Crippen LogP contribution in [0.1, 0.15) is 0 Å². The van der Waals surface area contributed by atoms with Gasteiger partial charge in [-0.05, 0) is 24.3 Å². The number of carbonyl (C=O) groups is 2. The Morgan fingerprint density at radius 2 is 1.77 bits per heavy atom. The molecule has 3 aromatic rings. The largest absolute Gasteiger partial charge is 0.507 e. The number of aromatic nitrogens is 2. The van der Waals surface area contributed by atoms with E-state index in [0.717, 1.165) is 11.8 Å². The van der Waals surface area contributed by atoms with Gasteiger partial charge in [-0.1, -0.05) is 42.1 Å². The number of carbonyl (C=O) groups excluding carboxylic acids is 2. The van der Waals surface area contributed by atoms with Crippen LogP contribution in [0.5, 0.6) is 5.75 Å². The van der Waals surface area contributed by atoms with Crippen LogP contribution in [0.3, 0.4) is 0 Å². The lowest BCUT2D eigenvalue weighted by atomic mass is 10.2. The van der Waals surface area contributed by atoms with E-state index in [1.165, 1.54) is 6.07 Å². The predicted molar refractivity (Wildman–Crippen MR) is 95.7 cm³/mol. The van der Waals surface area contributed by atoms with Gasteiger partial charge in [0, 0.05) is 5.69 Å². The van der Waals surface area contributed by atoms with Crippen LogP contribution in [0.15, 0.2) is 64.2 Å². The van der Waals surface area contributed by atoms with Crippen molar-refractivity contribution in [3.63, 3.8) is 0 Å². The van der Waals surface area contributed by atoms with Crippen molar-refractivity contribution < 1.29 is 19.1 Å². The van der Waals surface area contributed by atoms with Gasteiger partial charge in [-0.2, -0.15) is 0 Å². The smallest absolute Gasteiger partial charge is 0.325 e. The number of anilines is 1. The molecule has 9 heteroatoms. The molecule has 132 valence electrons. The highest BCUT2D eigenvalue weighted by molar-refractivity contribution is 7.99. The molecule has 26 heavy (non-hydrogen) atoms. The molecule has 0 spiro atoms. The van der Waals surface area contributed by atoms with Gasteiger partial charge in [-0.25, -0.2) is 4.79 Å². The summed E-state index contributed by atoms with van der Waals surface area (Å²) in [6.07, 6.45) is 0. The second-order valence-electron chi connectivity index (χ2n) is 5.05. The summed E-state index contributed by atoms with van der Waals surface area (Å²) in [6.45, 7) is 0. The third kappa shape index (κ3) is 4.61. The molecular formula is C17H14N4O4S. The van der Waals surface area contributed by atoms with Gasteiger partial charge in [0.05, 0.1) is 11.3 Å². The fraction of sp³-hybridized carbons (Fsp3) is 0.0588. The van der Waals surface area contributed by atoms with Crippen LogP contribution >= 0.6 is 11.8 Å². The van der Waals surface area contributed by atoms with Crippen molar-refractivity contribution in [3.05, 3.63) is 54.6 Å². The molecule has 8 nitrogen and oxygen atoms in total. The number of phenols is 1. The monoisotopic (exact) mass is 370 g/mol. The number of aromatic hydroxyl groups is 1. The lowest BCUT2D eigenvalue weighted by molar-refractivity contribution is -0.117. The summed E-state index contributed by atoms with van der Waals surface area (Å²) < 4.78 is 5.40. The molecule has 3 rings (SSSR count). The van der Waals surface area contributed by atoms with Crippen LogP contribution in [0.2, 0.25) is 0 Å². The molecule has 3 amide bonds. The van der Waals surface area contributed by atoms with E-state index in [4.69, 9.17) is 4.42 Å². The zero-order chi connectivity index (χ0) is 18.4. The third-order valence-corrected chi connectivity index (χ3v) is 3.97. The predicted octanol–water partition coefficient (Wildman–Crippen LogP) is 2.88. The first-order valence-corrected chi connectivity index (χ1v) is 8.51. The van der Waals surface area contributed by atoms with Crippen LogP contribution in [-0.2, 0) is 4.79 Å². The Balaban J connectivity index is 1.51. The van der Waals surface area contributed by atoms with Crippen LogP contribution in [0, 0.1) is 0 Å². The van der Waals surface area contributed by atoms with Gasteiger partial charge in [-0.3, -0.25) is 10.1 Å². The minimum absolute atomic E-state index is 0.0167. The maximum Gasteiger partial charge on any atom is 0.325 e. The van der Waals surface area contributed by atoms with E-state index >= 15 is 0 Å². The molecule has 0 bridgehead atoms. The summed E-state index contributed by atoms with van der Waals surface area (Å²) in [6, 6.07) is 14.7. The van der Waals surface area contributed by atoms with Crippen molar-refractivity contribution in [2.24, 2.45) is 0 Å². The molecular weight excluding hydrogens is 356 g/mol. The van der Waals surface area contributed by atoms with E-state index in [9.17, 15) is 14.7 Å². The van der Waals surface area contributed by atoms with Crippen molar-refractivity contribution in [1.29, 1.82) is 0 Å². The van der Waals surface area contributed by atoms with Crippen molar-refractivity contribution in [1.82, 2.24) is 15.5 Å². The number of amides is 3. The molecule has 0 aliphatic carbocycles. The fourth-order valence-corrected chi connectivity index (χ4v) is 2.57. The number of urea groups is 1. The number of imide groups is 1. The van der Waals surface area contributed by atoms with E-state index in [1.807, 2.05) is 6.07 Å². The number of nitrogens with one attached hydrogen (secondary N) is 2. The summed E-state index contributed by atoms with van der Waals surface area (Å²) in [5.41, 5.74) is 0.980. The summed E-state index contributed by atoms with van der Waals surface area (Å²) >= 11 is 0.984. The molecule has 1 heterocycles.